The number of fused-ring (bicyclic) bond motifs is 7. The topological polar surface area (TPSA) is 34.1 Å². The first-order chi connectivity index (χ1) is 14.7. The predicted octanol–water partition coefficient (Wildman–Crippen LogP) is 4.71. The summed E-state index contributed by atoms with van der Waals surface area (Å²) >= 11 is 0. The molecular weight excluding hydrogens is 372 g/mol. The van der Waals surface area contributed by atoms with Crippen LogP contribution in [0.1, 0.15) is 30.4 Å². The average molecular weight is 401 g/mol. The van der Waals surface area contributed by atoms with Crippen LogP contribution in [-0.4, -0.2) is 43.1 Å². The van der Waals surface area contributed by atoms with E-state index < -0.39 is 0 Å². The lowest BCUT2D eigenvalue weighted by Crippen LogP contribution is -2.60. The minimum absolute atomic E-state index is 0.0561. The highest BCUT2D eigenvalue weighted by atomic mass is 16.5. The van der Waals surface area contributed by atoms with E-state index in [4.69, 9.17) is 14.5 Å². The molecule has 0 aliphatic carbocycles. The van der Waals surface area contributed by atoms with Crippen molar-refractivity contribution in [1.82, 2.24) is 4.90 Å². The van der Waals surface area contributed by atoms with Crippen molar-refractivity contribution in [1.29, 1.82) is 0 Å². The quantitative estimate of drug-likeness (QED) is 0.697. The number of aliphatic imine (C=N–C) groups is 1. The fraction of sp³-hybridized carbons (Fsp3) is 0.423. The minimum atomic E-state index is -0.228. The summed E-state index contributed by atoms with van der Waals surface area (Å²) in [5.41, 5.74) is 3.34. The van der Waals surface area contributed by atoms with Gasteiger partial charge >= 0.3 is 0 Å². The lowest BCUT2D eigenvalue weighted by Gasteiger charge is -2.53. The van der Waals surface area contributed by atoms with Gasteiger partial charge in [0.1, 0.15) is 11.9 Å². The molecule has 5 aliphatic rings. The number of piperidine rings is 3. The van der Waals surface area contributed by atoms with Gasteiger partial charge in [0, 0.05) is 19.0 Å². The van der Waals surface area contributed by atoms with Gasteiger partial charge in [0.05, 0.1) is 18.2 Å². The third-order valence-corrected chi connectivity index (χ3v) is 7.90. The van der Waals surface area contributed by atoms with Crippen LogP contribution >= 0.6 is 0 Å². The van der Waals surface area contributed by atoms with Crippen LogP contribution in [0.3, 0.4) is 0 Å². The first-order valence-electron chi connectivity index (χ1n) is 11.1. The van der Waals surface area contributed by atoms with E-state index in [0.717, 1.165) is 36.8 Å². The highest BCUT2D eigenvalue weighted by molar-refractivity contribution is 5.89. The molecule has 0 spiro atoms. The molecule has 6 atom stereocenters. The molecule has 2 aromatic rings. The second kappa shape index (κ2) is 6.71. The molecule has 5 aliphatic heterocycles. The monoisotopic (exact) mass is 400 g/mol. The van der Waals surface area contributed by atoms with Crippen molar-refractivity contribution in [2.24, 2.45) is 16.8 Å². The van der Waals surface area contributed by atoms with Gasteiger partial charge in [-0.1, -0.05) is 36.4 Å². The van der Waals surface area contributed by atoms with Crippen molar-refractivity contribution in [2.75, 3.05) is 20.2 Å². The standard InChI is InChI=1S/C26H28N2O2/c1-3-17-16-28-12-11-18(17)13-23(28)25-26(19-7-5-4-6-8-19)15-24(30-25)27-22-10-9-20(29-2)14-21(22)26/h3-10,14,17-18,23,25H,1,11-13,15-16H2,2H3. The van der Waals surface area contributed by atoms with Crippen LogP contribution in [0.25, 0.3) is 0 Å². The van der Waals surface area contributed by atoms with E-state index in [1.807, 2.05) is 6.07 Å². The lowest BCUT2D eigenvalue weighted by molar-refractivity contribution is -0.0456. The highest BCUT2D eigenvalue weighted by Gasteiger charge is 2.59. The molecule has 4 nitrogen and oxygen atoms in total. The maximum absolute atomic E-state index is 6.70. The zero-order valence-electron chi connectivity index (χ0n) is 17.5. The van der Waals surface area contributed by atoms with Gasteiger partial charge in [-0.15, -0.1) is 6.58 Å². The van der Waals surface area contributed by atoms with Gasteiger partial charge in [0.15, 0.2) is 5.90 Å². The Hall–Kier alpha value is -2.59. The van der Waals surface area contributed by atoms with E-state index in [1.54, 1.807) is 7.11 Å². The van der Waals surface area contributed by atoms with Gasteiger partial charge in [0.25, 0.3) is 0 Å². The number of benzene rings is 2. The summed E-state index contributed by atoms with van der Waals surface area (Å²) in [6, 6.07) is 17.6. The highest BCUT2D eigenvalue weighted by Crippen LogP contribution is 2.55. The third kappa shape index (κ3) is 2.46. The van der Waals surface area contributed by atoms with Crippen LogP contribution in [-0.2, 0) is 10.2 Å². The maximum Gasteiger partial charge on any atom is 0.190 e. The van der Waals surface area contributed by atoms with Crippen molar-refractivity contribution in [3.05, 3.63) is 72.3 Å². The maximum atomic E-state index is 6.70. The Labute approximate surface area is 178 Å². The van der Waals surface area contributed by atoms with E-state index in [0.29, 0.717) is 17.9 Å². The fourth-order valence-electron chi connectivity index (χ4n) is 6.43. The molecule has 4 heteroatoms. The molecule has 0 saturated carbocycles. The van der Waals surface area contributed by atoms with Gasteiger partial charge in [-0.25, -0.2) is 4.99 Å². The van der Waals surface area contributed by atoms with Gasteiger partial charge in [-0.3, -0.25) is 4.90 Å². The molecule has 0 aromatic heterocycles. The van der Waals surface area contributed by atoms with E-state index in [9.17, 15) is 0 Å². The smallest absolute Gasteiger partial charge is 0.190 e. The molecule has 4 fully saturated rings. The molecule has 4 saturated heterocycles. The van der Waals surface area contributed by atoms with Crippen molar-refractivity contribution in [3.8, 4) is 5.75 Å². The molecule has 0 radical (unpaired) electrons. The van der Waals surface area contributed by atoms with Crippen LogP contribution in [0.4, 0.5) is 5.69 Å². The van der Waals surface area contributed by atoms with Crippen molar-refractivity contribution < 1.29 is 9.47 Å². The molecular formula is C26H28N2O2. The second-order valence-electron chi connectivity index (χ2n) is 9.19. The zero-order valence-corrected chi connectivity index (χ0v) is 17.5. The molecule has 6 unspecified atom stereocenters. The Bertz CT molecular complexity index is 1020. The molecule has 0 amide bonds. The molecule has 2 aromatic carbocycles. The summed E-state index contributed by atoms with van der Waals surface area (Å²) in [7, 11) is 1.73. The largest absolute Gasteiger partial charge is 0.497 e. The molecule has 30 heavy (non-hydrogen) atoms. The van der Waals surface area contributed by atoms with E-state index >= 15 is 0 Å². The molecule has 0 N–H and O–H groups in total. The first kappa shape index (κ1) is 18.2. The van der Waals surface area contributed by atoms with Crippen LogP contribution in [0, 0.1) is 11.8 Å². The average Bonchev–Trinajstić information content (AvgIpc) is 3.14. The number of methoxy groups -OCH3 is 1. The van der Waals surface area contributed by atoms with Crippen LogP contribution in [0.15, 0.2) is 66.2 Å². The summed E-state index contributed by atoms with van der Waals surface area (Å²) in [4.78, 5) is 7.55. The van der Waals surface area contributed by atoms with Crippen LogP contribution in [0.2, 0.25) is 0 Å². The van der Waals surface area contributed by atoms with Gasteiger partial charge in [-0.2, -0.15) is 0 Å². The summed E-state index contributed by atoms with van der Waals surface area (Å²) in [6.45, 7) is 6.35. The van der Waals surface area contributed by atoms with Crippen molar-refractivity contribution in [2.45, 2.75) is 36.8 Å². The van der Waals surface area contributed by atoms with E-state index in [1.165, 1.54) is 24.0 Å². The van der Waals surface area contributed by atoms with Gasteiger partial charge in [-0.05, 0) is 60.5 Å². The number of ether oxygens (including phenoxy) is 2. The third-order valence-electron chi connectivity index (χ3n) is 7.90. The molecule has 7 rings (SSSR count). The molecule has 5 heterocycles. The van der Waals surface area contributed by atoms with E-state index in [-0.39, 0.29) is 11.5 Å². The molecule has 154 valence electrons. The number of hydrogen-bond acceptors (Lipinski definition) is 4. The number of rotatable bonds is 4. The SMILES string of the molecule is C=CC1CN2CCC1CC2C1OC2=Nc3ccc(OC)cc3C1(c1ccccc1)C2. The molecule has 4 bridgehead atoms. The summed E-state index contributed by atoms with van der Waals surface area (Å²) in [6.07, 6.45) is 5.48. The summed E-state index contributed by atoms with van der Waals surface area (Å²) in [5.74, 6) is 3.07. The Morgan fingerprint density at radius 2 is 2.10 bits per heavy atom. The number of hydrogen-bond donors (Lipinski definition) is 0. The fourth-order valence-corrected chi connectivity index (χ4v) is 6.43. The van der Waals surface area contributed by atoms with Crippen molar-refractivity contribution in [3.63, 3.8) is 0 Å². The Kier molecular flexibility index (Phi) is 4.07. The zero-order chi connectivity index (χ0) is 20.3. The minimum Gasteiger partial charge on any atom is -0.497 e. The summed E-state index contributed by atoms with van der Waals surface area (Å²) < 4.78 is 12.3. The Morgan fingerprint density at radius 1 is 1.23 bits per heavy atom. The first-order valence-corrected chi connectivity index (χ1v) is 11.1. The van der Waals surface area contributed by atoms with Gasteiger partial charge in [0.2, 0.25) is 0 Å². The Morgan fingerprint density at radius 3 is 2.83 bits per heavy atom. The van der Waals surface area contributed by atoms with Crippen molar-refractivity contribution >= 4 is 11.6 Å². The normalized spacial score (nSPS) is 35.9. The predicted molar refractivity (Wildman–Crippen MR) is 119 cm³/mol. The van der Waals surface area contributed by atoms with Gasteiger partial charge < -0.3 is 9.47 Å². The van der Waals surface area contributed by atoms with Crippen LogP contribution < -0.4 is 4.74 Å². The summed E-state index contributed by atoms with van der Waals surface area (Å²) in [5, 5.41) is 0. The van der Waals surface area contributed by atoms with Crippen LogP contribution in [0.5, 0.6) is 5.75 Å². The Balaban J connectivity index is 1.51. The number of nitrogens with zero attached hydrogens (tertiary/aromatic N) is 2. The second-order valence-corrected chi connectivity index (χ2v) is 9.19. The van der Waals surface area contributed by atoms with E-state index in [2.05, 4.69) is 60.0 Å². The lowest BCUT2D eigenvalue weighted by atomic mass is 9.63.